The van der Waals surface area contributed by atoms with Crippen molar-refractivity contribution in [2.24, 2.45) is 0 Å². The molecule has 2 aromatic rings. The molecule has 0 bridgehead atoms. The van der Waals surface area contributed by atoms with Crippen molar-refractivity contribution in [1.82, 2.24) is 0 Å². The van der Waals surface area contributed by atoms with Crippen molar-refractivity contribution in [3.05, 3.63) is 62.1 Å². The lowest BCUT2D eigenvalue weighted by Crippen LogP contribution is -1.99. The van der Waals surface area contributed by atoms with E-state index in [2.05, 4.69) is 15.9 Å². The topological polar surface area (TPSA) is 55.8 Å². The minimum atomic E-state index is -1.03. The molecule has 126 valence electrons. The highest BCUT2D eigenvalue weighted by atomic mass is 79.9. The maximum atomic E-state index is 10.6. The molecule has 0 amide bonds. The minimum absolute atomic E-state index is 0.239. The summed E-state index contributed by atoms with van der Waals surface area (Å²) in [6.07, 6.45) is 2.52. The van der Waals surface area contributed by atoms with E-state index >= 15 is 0 Å². The van der Waals surface area contributed by atoms with Crippen LogP contribution in [0, 0.1) is 0 Å². The van der Waals surface area contributed by atoms with Crippen LogP contribution in [0.1, 0.15) is 11.1 Å². The van der Waals surface area contributed by atoms with Crippen molar-refractivity contribution in [1.29, 1.82) is 0 Å². The van der Waals surface area contributed by atoms with Gasteiger partial charge in [-0.1, -0.05) is 45.2 Å². The molecule has 0 aromatic heterocycles. The summed E-state index contributed by atoms with van der Waals surface area (Å²) in [5.41, 5.74) is 1.44. The molecule has 7 heteroatoms. The Labute approximate surface area is 157 Å². The molecule has 2 aromatic carbocycles. The first-order valence-corrected chi connectivity index (χ1v) is 8.31. The number of ether oxygens (including phenoxy) is 2. The molecule has 1 N–H and O–H groups in total. The van der Waals surface area contributed by atoms with Crippen LogP contribution in [-0.4, -0.2) is 18.2 Å². The molecule has 0 heterocycles. The first-order chi connectivity index (χ1) is 11.4. The lowest BCUT2D eigenvalue weighted by molar-refractivity contribution is -0.131. The van der Waals surface area contributed by atoms with Crippen molar-refractivity contribution in [3.63, 3.8) is 0 Å². The highest BCUT2D eigenvalue weighted by Crippen LogP contribution is 2.35. The van der Waals surface area contributed by atoms with Crippen LogP contribution in [0.25, 0.3) is 6.08 Å². The zero-order valence-electron chi connectivity index (χ0n) is 12.6. The van der Waals surface area contributed by atoms with Crippen LogP contribution in [0.2, 0.25) is 10.0 Å². The van der Waals surface area contributed by atoms with E-state index in [4.69, 9.17) is 37.8 Å². The molecule has 0 aliphatic rings. The van der Waals surface area contributed by atoms with Crippen LogP contribution >= 0.6 is 39.1 Å². The fourth-order valence-electron chi connectivity index (χ4n) is 1.91. The fraction of sp³-hybridized carbons (Fsp3) is 0.118. The average molecular weight is 432 g/mol. The van der Waals surface area contributed by atoms with Gasteiger partial charge in [-0.25, -0.2) is 4.79 Å². The Bertz CT molecular complexity index is 790. The zero-order chi connectivity index (χ0) is 17.7. The van der Waals surface area contributed by atoms with E-state index in [0.717, 1.165) is 11.6 Å². The molecule has 0 radical (unpaired) electrons. The molecule has 0 saturated carbocycles. The van der Waals surface area contributed by atoms with E-state index in [1.165, 1.54) is 13.2 Å². The molecule has 0 spiro atoms. The van der Waals surface area contributed by atoms with Crippen LogP contribution in [-0.2, 0) is 11.4 Å². The van der Waals surface area contributed by atoms with Crippen LogP contribution in [0.4, 0.5) is 0 Å². The molecule has 0 aliphatic carbocycles. The minimum Gasteiger partial charge on any atom is -0.493 e. The summed E-state index contributed by atoms with van der Waals surface area (Å²) >= 11 is 15.4. The number of hydrogen-bond acceptors (Lipinski definition) is 3. The summed E-state index contributed by atoms with van der Waals surface area (Å²) in [6.45, 7) is 0.239. The molecule has 4 nitrogen and oxygen atoms in total. The third-order valence-electron chi connectivity index (χ3n) is 3.09. The Balaban J connectivity index is 2.23. The van der Waals surface area contributed by atoms with Crippen LogP contribution in [0.5, 0.6) is 11.5 Å². The SMILES string of the molecule is COc1cc(/C=C/C(=O)O)c(Br)cc1OCc1ccc(Cl)cc1Cl. The summed E-state index contributed by atoms with van der Waals surface area (Å²) in [5.74, 6) is -0.0465. The predicted molar refractivity (Wildman–Crippen MR) is 98.2 cm³/mol. The van der Waals surface area contributed by atoms with Crippen LogP contribution in [0.3, 0.4) is 0 Å². The molecule has 0 fully saturated rings. The molecule has 0 unspecified atom stereocenters. The van der Waals surface area contributed by atoms with E-state index in [1.807, 2.05) is 0 Å². The lowest BCUT2D eigenvalue weighted by Gasteiger charge is -2.13. The second kappa shape index (κ2) is 8.42. The Morgan fingerprint density at radius 1 is 1.25 bits per heavy atom. The Hall–Kier alpha value is -1.69. The van der Waals surface area contributed by atoms with Gasteiger partial charge in [0.2, 0.25) is 0 Å². The second-order valence-corrected chi connectivity index (χ2v) is 6.42. The van der Waals surface area contributed by atoms with Gasteiger partial charge in [0.1, 0.15) is 6.61 Å². The Morgan fingerprint density at radius 3 is 2.62 bits per heavy atom. The first-order valence-electron chi connectivity index (χ1n) is 6.76. The van der Waals surface area contributed by atoms with Gasteiger partial charge in [0.25, 0.3) is 0 Å². The summed E-state index contributed by atoms with van der Waals surface area (Å²) < 4.78 is 11.8. The van der Waals surface area contributed by atoms with Gasteiger partial charge in [0, 0.05) is 26.2 Å². The number of halogens is 3. The van der Waals surface area contributed by atoms with Gasteiger partial charge in [-0.2, -0.15) is 0 Å². The predicted octanol–water partition coefficient (Wildman–Crippen LogP) is 5.44. The quantitative estimate of drug-likeness (QED) is 0.618. The van der Waals surface area contributed by atoms with Crippen molar-refractivity contribution < 1.29 is 19.4 Å². The van der Waals surface area contributed by atoms with Crippen molar-refractivity contribution >= 4 is 51.2 Å². The van der Waals surface area contributed by atoms with Crippen LogP contribution < -0.4 is 9.47 Å². The first kappa shape index (κ1) is 18.6. The van der Waals surface area contributed by atoms with Crippen molar-refractivity contribution in [2.75, 3.05) is 7.11 Å². The van der Waals surface area contributed by atoms with E-state index in [1.54, 1.807) is 30.3 Å². The number of carboxylic acid groups (broad SMARTS) is 1. The normalized spacial score (nSPS) is 10.8. The molecule has 24 heavy (non-hydrogen) atoms. The molecule has 2 rings (SSSR count). The summed E-state index contributed by atoms with van der Waals surface area (Å²) in [6, 6.07) is 8.57. The van der Waals surface area contributed by atoms with E-state index < -0.39 is 5.97 Å². The highest BCUT2D eigenvalue weighted by molar-refractivity contribution is 9.10. The Morgan fingerprint density at radius 2 is 2.00 bits per heavy atom. The standard InChI is InChI=1S/C17H13BrCl2O4/c1-23-15-6-10(3-5-17(21)22)13(18)8-16(15)24-9-11-2-4-12(19)7-14(11)20/h2-8H,9H2,1H3,(H,21,22)/b5-3+. The highest BCUT2D eigenvalue weighted by Gasteiger charge is 2.11. The largest absolute Gasteiger partial charge is 0.493 e. The van der Waals surface area contributed by atoms with Gasteiger partial charge in [-0.3, -0.25) is 0 Å². The smallest absolute Gasteiger partial charge is 0.328 e. The van der Waals surface area contributed by atoms with Crippen molar-refractivity contribution in [2.45, 2.75) is 6.61 Å². The van der Waals surface area contributed by atoms with Crippen molar-refractivity contribution in [3.8, 4) is 11.5 Å². The van der Waals surface area contributed by atoms with E-state index in [0.29, 0.717) is 31.6 Å². The number of carbonyl (C=O) groups is 1. The summed E-state index contributed by atoms with van der Waals surface area (Å²) in [5, 5.41) is 9.79. The molecular formula is C17H13BrCl2O4. The summed E-state index contributed by atoms with van der Waals surface area (Å²) in [4.78, 5) is 10.6. The third-order valence-corrected chi connectivity index (χ3v) is 4.36. The monoisotopic (exact) mass is 430 g/mol. The Kier molecular flexibility index (Phi) is 6.54. The van der Waals surface area contributed by atoms with Gasteiger partial charge in [-0.05, 0) is 35.9 Å². The van der Waals surface area contributed by atoms with Gasteiger partial charge < -0.3 is 14.6 Å². The maximum Gasteiger partial charge on any atom is 0.328 e. The average Bonchev–Trinajstić information content (AvgIpc) is 2.53. The number of hydrogen-bond donors (Lipinski definition) is 1. The third kappa shape index (κ3) is 4.90. The molecule has 0 aliphatic heterocycles. The van der Waals surface area contributed by atoms with Gasteiger partial charge in [-0.15, -0.1) is 0 Å². The van der Waals surface area contributed by atoms with Crippen LogP contribution in [0.15, 0.2) is 40.9 Å². The number of aliphatic carboxylic acids is 1. The number of carboxylic acids is 1. The second-order valence-electron chi connectivity index (χ2n) is 4.72. The van der Waals surface area contributed by atoms with E-state index in [9.17, 15) is 4.79 Å². The lowest BCUT2D eigenvalue weighted by atomic mass is 10.2. The molecule has 0 atom stereocenters. The fourth-order valence-corrected chi connectivity index (χ4v) is 2.82. The summed E-state index contributed by atoms with van der Waals surface area (Å²) in [7, 11) is 1.51. The molecular weight excluding hydrogens is 419 g/mol. The van der Waals surface area contributed by atoms with Gasteiger partial charge in [0.05, 0.1) is 7.11 Å². The number of benzene rings is 2. The zero-order valence-corrected chi connectivity index (χ0v) is 15.7. The maximum absolute atomic E-state index is 10.6. The van der Waals surface area contributed by atoms with Gasteiger partial charge in [0.15, 0.2) is 11.5 Å². The number of methoxy groups -OCH3 is 1. The number of rotatable bonds is 6. The van der Waals surface area contributed by atoms with Gasteiger partial charge >= 0.3 is 5.97 Å². The molecule has 0 saturated heterocycles. The van der Waals surface area contributed by atoms with E-state index in [-0.39, 0.29) is 6.61 Å².